The van der Waals surface area contributed by atoms with E-state index < -0.39 is 11.2 Å². The van der Waals surface area contributed by atoms with Crippen LogP contribution in [0.4, 0.5) is 0 Å². The van der Waals surface area contributed by atoms with Gasteiger partial charge in [-0.05, 0) is 30.9 Å². The zero-order chi connectivity index (χ0) is 16.0. The van der Waals surface area contributed by atoms with Crippen LogP contribution in [0.15, 0.2) is 18.3 Å². The zero-order valence-electron chi connectivity index (χ0n) is 12.8. The number of hydrogen-bond donors (Lipinski definition) is 3. The lowest BCUT2D eigenvalue weighted by Crippen LogP contribution is -2.48. The molecule has 3 rings (SSSR count). The van der Waals surface area contributed by atoms with Gasteiger partial charge in [0.05, 0.1) is 11.7 Å². The number of nitrogens with one attached hydrogen (secondary N) is 1. The first-order valence-electron chi connectivity index (χ1n) is 7.49. The molecule has 0 atom stereocenters. The Morgan fingerprint density at radius 2 is 1.95 bits per heavy atom. The molecule has 1 aromatic heterocycles. The van der Waals surface area contributed by atoms with Gasteiger partial charge in [-0.2, -0.15) is 5.10 Å². The minimum Gasteiger partial charge on any atom is -0.381 e. The van der Waals surface area contributed by atoms with Crippen molar-refractivity contribution in [2.45, 2.75) is 32.5 Å². The van der Waals surface area contributed by atoms with Crippen molar-refractivity contribution < 1.29 is 14.9 Å². The second-order valence-electron chi connectivity index (χ2n) is 6.57. The summed E-state index contributed by atoms with van der Waals surface area (Å²) < 4.78 is 5.39. The van der Waals surface area contributed by atoms with Crippen LogP contribution in [0.25, 0.3) is 10.9 Å². The molecule has 2 aromatic rings. The number of rotatable bonds is 3. The van der Waals surface area contributed by atoms with Crippen molar-refractivity contribution in [1.29, 1.82) is 0 Å². The van der Waals surface area contributed by atoms with E-state index in [1.807, 2.05) is 13.8 Å². The summed E-state index contributed by atoms with van der Waals surface area (Å²) in [4.78, 5) is 0. The minimum absolute atomic E-state index is 0.146. The van der Waals surface area contributed by atoms with Gasteiger partial charge in [0.2, 0.25) is 0 Å². The van der Waals surface area contributed by atoms with E-state index in [1.54, 1.807) is 18.3 Å². The third-order valence-corrected chi connectivity index (χ3v) is 5.25. The Morgan fingerprint density at radius 3 is 2.64 bits per heavy atom. The summed E-state index contributed by atoms with van der Waals surface area (Å²) in [5, 5.41) is 30.1. The highest BCUT2D eigenvalue weighted by Crippen LogP contribution is 2.48. The fraction of sp³-hybridized carbons (Fsp3) is 0.562. The Morgan fingerprint density at radius 1 is 1.27 bits per heavy atom. The summed E-state index contributed by atoms with van der Waals surface area (Å²) in [5.41, 5.74) is 0.220. The summed E-state index contributed by atoms with van der Waals surface area (Å²) in [5.74, 6) is -1.88. The molecule has 6 heteroatoms. The van der Waals surface area contributed by atoms with Gasteiger partial charge in [0, 0.05) is 34.6 Å². The number of benzene rings is 1. The lowest BCUT2D eigenvalue weighted by atomic mass is 9.67. The maximum atomic E-state index is 11.0. The van der Waals surface area contributed by atoms with Crippen LogP contribution >= 0.6 is 11.6 Å². The number of hydrogen-bond acceptors (Lipinski definition) is 4. The number of aliphatic hydroxyl groups is 2. The van der Waals surface area contributed by atoms with Crippen LogP contribution in [-0.2, 0) is 10.5 Å². The molecule has 1 saturated heterocycles. The highest BCUT2D eigenvalue weighted by Gasteiger charge is 2.49. The Balaban J connectivity index is 2.08. The maximum absolute atomic E-state index is 11.0. The second kappa shape index (κ2) is 5.49. The Labute approximate surface area is 134 Å². The zero-order valence-corrected chi connectivity index (χ0v) is 13.5. The molecule has 22 heavy (non-hydrogen) atoms. The normalized spacial score (nSPS) is 18.0. The van der Waals surface area contributed by atoms with E-state index >= 15 is 0 Å². The van der Waals surface area contributed by atoms with Gasteiger partial charge in [0.1, 0.15) is 0 Å². The fourth-order valence-corrected chi connectivity index (χ4v) is 3.57. The highest BCUT2D eigenvalue weighted by atomic mass is 35.5. The minimum atomic E-state index is -2.02. The molecule has 120 valence electrons. The lowest BCUT2D eigenvalue weighted by molar-refractivity contribution is -0.264. The van der Waals surface area contributed by atoms with E-state index in [9.17, 15) is 10.2 Å². The lowest BCUT2D eigenvalue weighted by Gasteiger charge is -2.45. The molecule has 1 fully saturated rings. The average molecular weight is 325 g/mol. The third kappa shape index (κ3) is 2.42. The van der Waals surface area contributed by atoms with E-state index in [4.69, 9.17) is 16.3 Å². The molecule has 2 heterocycles. The van der Waals surface area contributed by atoms with Crippen LogP contribution in [0, 0.1) is 11.3 Å². The number of aromatic amines is 1. The molecule has 0 radical (unpaired) electrons. The number of nitrogens with zero attached hydrogens (tertiary/aromatic N) is 1. The summed E-state index contributed by atoms with van der Waals surface area (Å²) in [6, 6.07) is 3.35. The van der Waals surface area contributed by atoms with Gasteiger partial charge in [-0.15, -0.1) is 0 Å². The van der Waals surface area contributed by atoms with E-state index in [2.05, 4.69) is 10.2 Å². The Kier molecular flexibility index (Phi) is 3.93. The SMILES string of the molecule is CC(C)(C1CCOCC1)C(O)(O)c1cc(Cl)cc2cn[nH]c12. The van der Waals surface area contributed by atoms with Crippen molar-refractivity contribution in [3.8, 4) is 0 Å². The number of ether oxygens (including phenoxy) is 1. The second-order valence-corrected chi connectivity index (χ2v) is 7.00. The van der Waals surface area contributed by atoms with Crippen LogP contribution < -0.4 is 0 Å². The topological polar surface area (TPSA) is 78.4 Å². The number of halogens is 1. The van der Waals surface area contributed by atoms with Gasteiger partial charge >= 0.3 is 0 Å². The third-order valence-electron chi connectivity index (χ3n) is 5.03. The predicted octanol–water partition coefficient (Wildman–Crippen LogP) is 2.81. The summed E-state index contributed by atoms with van der Waals surface area (Å²) in [6.07, 6.45) is 3.24. The Hall–Kier alpha value is -1.14. The molecular formula is C16H21ClN2O3. The molecule has 1 aromatic carbocycles. The van der Waals surface area contributed by atoms with Crippen LogP contribution in [0.3, 0.4) is 0 Å². The first-order chi connectivity index (χ1) is 10.3. The van der Waals surface area contributed by atoms with Crippen molar-refractivity contribution in [3.63, 3.8) is 0 Å². The van der Waals surface area contributed by atoms with Gasteiger partial charge in [0.25, 0.3) is 0 Å². The molecular weight excluding hydrogens is 304 g/mol. The van der Waals surface area contributed by atoms with E-state index in [0.717, 1.165) is 18.2 Å². The molecule has 0 spiro atoms. The van der Waals surface area contributed by atoms with E-state index in [0.29, 0.717) is 29.3 Å². The summed E-state index contributed by atoms with van der Waals surface area (Å²) in [7, 11) is 0. The first-order valence-corrected chi connectivity index (χ1v) is 7.87. The monoisotopic (exact) mass is 324 g/mol. The van der Waals surface area contributed by atoms with Crippen LogP contribution in [0.5, 0.6) is 0 Å². The molecule has 1 aliphatic heterocycles. The smallest absolute Gasteiger partial charge is 0.197 e. The molecule has 0 bridgehead atoms. The van der Waals surface area contributed by atoms with Gasteiger partial charge < -0.3 is 14.9 Å². The number of aromatic nitrogens is 2. The maximum Gasteiger partial charge on any atom is 0.197 e. The number of fused-ring (bicyclic) bond motifs is 1. The van der Waals surface area contributed by atoms with Crippen molar-refractivity contribution in [2.24, 2.45) is 11.3 Å². The largest absolute Gasteiger partial charge is 0.381 e. The standard InChI is InChI=1S/C16H21ClN2O3/c1-15(2,11-3-5-22-6-4-11)16(20,21)13-8-12(17)7-10-9-18-19-14(10)13/h7-9,11,20-21H,3-6H2,1-2H3,(H,18,19). The van der Waals surface area contributed by atoms with Crippen molar-refractivity contribution in [3.05, 3.63) is 28.9 Å². The van der Waals surface area contributed by atoms with Crippen molar-refractivity contribution in [1.82, 2.24) is 10.2 Å². The van der Waals surface area contributed by atoms with Crippen molar-refractivity contribution >= 4 is 22.5 Å². The van der Waals surface area contributed by atoms with Crippen molar-refractivity contribution in [2.75, 3.05) is 13.2 Å². The molecule has 0 saturated carbocycles. The van der Waals surface area contributed by atoms with Crippen LogP contribution in [0.1, 0.15) is 32.3 Å². The predicted molar refractivity (Wildman–Crippen MR) is 84.5 cm³/mol. The molecule has 0 amide bonds. The van der Waals surface area contributed by atoms with Gasteiger partial charge in [0.15, 0.2) is 5.79 Å². The van der Waals surface area contributed by atoms with Crippen LogP contribution in [-0.4, -0.2) is 33.6 Å². The fourth-order valence-electron chi connectivity index (χ4n) is 3.35. The van der Waals surface area contributed by atoms with Gasteiger partial charge in [-0.3, -0.25) is 5.10 Å². The molecule has 1 aliphatic rings. The van der Waals surface area contributed by atoms with Gasteiger partial charge in [-0.1, -0.05) is 25.4 Å². The van der Waals surface area contributed by atoms with Gasteiger partial charge in [-0.25, -0.2) is 0 Å². The molecule has 3 N–H and O–H groups in total. The highest BCUT2D eigenvalue weighted by molar-refractivity contribution is 6.31. The number of H-pyrrole nitrogens is 1. The quantitative estimate of drug-likeness (QED) is 0.759. The molecule has 5 nitrogen and oxygen atoms in total. The summed E-state index contributed by atoms with van der Waals surface area (Å²) >= 11 is 6.14. The van der Waals surface area contributed by atoms with E-state index in [-0.39, 0.29) is 5.92 Å². The van der Waals surface area contributed by atoms with E-state index in [1.165, 1.54) is 0 Å². The first kappa shape index (κ1) is 15.7. The molecule has 0 unspecified atom stereocenters. The Bertz CT molecular complexity index is 675. The van der Waals surface area contributed by atoms with Crippen LogP contribution in [0.2, 0.25) is 5.02 Å². The molecule has 0 aliphatic carbocycles. The average Bonchev–Trinajstić information content (AvgIpc) is 2.95. The summed E-state index contributed by atoms with van der Waals surface area (Å²) in [6.45, 7) is 5.07.